The molecule has 0 radical (unpaired) electrons. The first kappa shape index (κ1) is 13.2. The number of halogens is 1. The first-order chi connectivity index (χ1) is 9.68. The molecule has 1 amide bonds. The van der Waals surface area contributed by atoms with Gasteiger partial charge in [0, 0.05) is 5.02 Å². The van der Waals surface area contributed by atoms with Crippen LogP contribution in [-0.4, -0.2) is 5.91 Å². The van der Waals surface area contributed by atoms with E-state index in [-0.39, 0.29) is 11.4 Å². The Labute approximate surface area is 123 Å². The van der Waals surface area contributed by atoms with Gasteiger partial charge in [-0.1, -0.05) is 54.1 Å². The molecule has 0 aromatic heterocycles. The van der Waals surface area contributed by atoms with E-state index in [1.807, 2.05) is 42.5 Å². The SMILES string of the molecule is O=C(Cc1ccc(Cl)cc1)NC1(c2ccccc2)CC1. The van der Waals surface area contributed by atoms with Crippen LogP contribution in [0.25, 0.3) is 0 Å². The highest BCUT2D eigenvalue weighted by molar-refractivity contribution is 6.30. The highest BCUT2D eigenvalue weighted by Crippen LogP contribution is 2.45. The summed E-state index contributed by atoms with van der Waals surface area (Å²) in [6.07, 6.45) is 2.43. The maximum atomic E-state index is 12.2. The Hall–Kier alpha value is -1.80. The number of hydrogen-bond acceptors (Lipinski definition) is 1. The van der Waals surface area contributed by atoms with Crippen LogP contribution in [0, 0.1) is 0 Å². The Kier molecular flexibility index (Phi) is 3.49. The van der Waals surface area contributed by atoms with Crippen molar-refractivity contribution in [1.29, 1.82) is 0 Å². The zero-order valence-corrected chi connectivity index (χ0v) is 11.9. The minimum atomic E-state index is -0.134. The van der Waals surface area contributed by atoms with Crippen LogP contribution in [0.4, 0.5) is 0 Å². The van der Waals surface area contributed by atoms with Gasteiger partial charge in [-0.3, -0.25) is 4.79 Å². The number of nitrogens with one attached hydrogen (secondary N) is 1. The van der Waals surface area contributed by atoms with Crippen molar-refractivity contribution < 1.29 is 4.79 Å². The fraction of sp³-hybridized carbons (Fsp3) is 0.235. The van der Waals surface area contributed by atoms with Crippen LogP contribution >= 0.6 is 11.6 Å². The van der Waals surface area contributed by atoms with E-state index in [0.29, 0.717) is 11.4 Å². The standard InChI is InChI=1S/C17H16ClNO/c18-15-8-6-13(7-9-15)12-16(20)19-17(10-11-17)14-4-2-1-3-5-14/h1-9H,10-12H2,(H,19,20). The molecule has 102 valence electrons. The van der Waals surface area contributed by atoms with Gasteiger partial charge in [-0.15, -0.1) is 0 Å². The van der Waals surface area contributed by atoms with Crippen LogP contribution < -0.4 is 5.32 Å². The smallest absolute Gasteiger partial charge is 0.225 e. The highest BCUT2D eigenvalue weighted by Gasteiger charge is 2.45. The van der Waals surface area contributed by atoms with Gasteiger partial charge in [0.15, 0.2) is 0 Å². The van der Waals surface area contributed by atoms with Crippen molar-refractivity contribution in [2.45, 2.75) is 24.8 Å². The van der Waals surface area contributed by atoms with E-state index in [1.54, 1.807) is 0 Å². The van der Waals surface area contributed by atoms with Gasteiger partial charge in [0.25, 0.3) is 0 Å². The Balaban J connectivity index is 1.66. The molecule has 2 nitrogen and oxygen atoms in total. The number of amides is 1. The van der Waals surface area contributed by atoms with Crippen molar-refractivity contribution in [2.75, 3.05) is 0 Å². The Morgan fingerprint density at radius 3 is 2.30 bits per heavy atom. The molecular weight excluding hydrogens is 270 g/mol. The molecule has 0 aliphatic heterocycles. The van der Waals surface area contributed by atoms with Crippen molar-refractivity contribution in [2.24, 2.45) is 0 Å². The number of benzene rings is 2. The summed E-state index contributed by atoms with van der Waals surface area (Å²) in [5.74, 6) is 0.0636. The molecule has 0 atom stereocenters. The normalized spacial score (nSPS) is 15.7. The van der Waals surface area contributed by atoms with Crippen LogP contribution in [0.5, 0.6) is 0 Å². The molecule has 20 heavy (non-hydrogen) atoms. The third kappa shape index (κ3) is 2.86. The lowest BCUT2D eigenvalue weighted by Crippen LogP contribution is -2.35. The van der Waals surface area contributed by atoms with Crippen molar-refractivity contribution in [3.05, 3.63) is 70.7 Å². The van der Waals surface area contributed by atoms with E-state index in [2.05, 4.69) is 17.4 Å². The minimum Gasteiger partial charge on any atom is -0.346 e. The summed E-state index contributed by atoms with van der Waals surface area (Å²) >= 11 is 5.84. The number of rotatable bonds is 4. The monoisotopic (exact) mass is 285 g/mol. The molecule has 0 spiro atoms. The summed E-state index contributed by atoms with van der Waals surface area (Å²) in [5, 5.41) is 3.87. The van der Waals surface area contributed by atoms with Gasteiger partial charge in [-0.2, -0.15) is 0 Å². The molecule has 1 aliphatic rings. The molecule has 0 saturated heterocycles. The van der Waals surface area contributed by atoms with Gasteiger partial charge in [0.1, 0.15) is 0 Å². The Bertz CT molecular complexity index is 603. The van der Waals surface area contributed by atoms with E-state index in [0.717, 1.165) is 18.4 Å². The summed E-state index contributed by atoms with van der Waals surface area (Å²) in [4.78, 5) is 12.2. The second kappa shape index (κ2) is 5.29. The van der Waals surface area contributed by atoms with Crippen molar-refractivity contribution in [3.63, 3.8) is 0 Å². The van der Waals surface area contributed by atoms with Gasteiger partial charge < -0.3 is 5.32 Å². The predicted octanol–water partition coefficient (Wildman–Crippen LogP) is 3.69. The molecular formula is C17H16ClNO. The summed E-state index contributed by atoms with van der Waals surface area (Å²) < 4.78 is 0. The first-order valence-electron chi connectivity index (χ1n) is 6.79. The number of carbonyl (C=O) groups is 1. The van der Waals surface area contributed by atoms with Crippen LogP contribution in [0.15, 0.2) is 54.6 Å². The van der Waals surface area contributed by atoms with Gasteiger partial charge in [0.05, 0.1) is 12.0 Å². The molecule has 1 fully saturated rings. The fourth-order valence-corrected chi connectivity index (χ4v) is 2.59. The average Bonchev–Trinajstić information content (AvgIpc) is 3.23. The van der Waals surface area contributed by atoms with Crippen molar-refractivity contribution in [1.82, 2.24) is 5.32 Å². The molecule has 1 saturated carbocycles. The molecule has 1 aliphatic carbocycles. The minimum absolute atomic E-state index is 0.0636. The molecule has 2 aromatic rings. The molecule has 0 heterocycles. The summed E-state index contributed by atoms with van der Waals surface area (Å²) in [6.45, 7) is 0. The van der Waals surface area contributed by atoms with Gasteiger partial charge in [-0.05, 0) is 36.1 Å². The molecule has 3 rings (SSSR count). The van der Waals surface area contributed by atoms with E-state index < -0.39 is 0 Å². The first-order valence-corrected chi connectivity index (χ1v) is 7.17. The van der Waals surface area contributed by atoms with Gasteiger partial charge >= 0.3 is 0 Å². The topological polar surface area (TPSA) is 29.1 Å². The van der Waals surface area contributed by atoms with Crippen LogP contribution in [0.2, 0.25) is 5.02 Å². The molecule has 3 heteroatoms. The number of carbonyl (C=O) groups excluding carboxylic acids is 1. The van der Waals surface area contributed by atoms with Gasteiger partial charge in [0.2, 0.25) is 5.91 Å². The molecule has 1 N–H and O–H groups in total. The second-order valence-corrected chi connectivity index (χ2v) is 5.74. The maximum absolute atomic E-state index is 12.2. The Morgan fingerprint density at radius 2 is 1.70 bits per heavy atom. The number of hydrogen-bond donors (Lipinski definition) is 1. The molecule has 0 bridgehead atoms. The van der Waals surface area contributed by atoms with Crippen molar-refractivity contribution in [3.8, 4) is 0 Å². The third-order valence-electron chi connectivity index (χ3n) is 3.73. The maximum Gasteiger partial charge on any atom is 0.225 e. The zero-order valence-electron chi connectivity index (χ0n) is 11.1. The fourth-order valence-electron chi connectivity index (χ4n) is 2.47. The van der Waals surface area contributed by atoms with E-state index in [1.165, 1.54) is 5.56 Å². The average molecular weight is 286 g/mol. The van der Waals surface area contributed by atoms with E-state index in [9.17, 15) is 4.79 Å². The van der Waals surface area contributed by atoms with Gasteiger partial charge in [-0.25, -0.2) is 0 Å². The zero-order chi connectivity index (χ0) is 14.0. The highest BCUT2D eigenvalue weighted by atomic mass is 35.5. The quantitative estimate of drug-likeness (QED) is 0.912. The van der Waals surface area contributed by atoms with Crippen LogP contribution in [-0.2, 0) is 16.8 Å². The summed E-state index contributed by atoms with van der Waals surface area (Å²) in [5.41, 5.74) is 2.05. The van der Waals surface area contributed by atoms with E-state index >= 15 is 0 Å². The summed E-state index contributed by atoms with van der Waals surface area (Å²) in [6, 6.07) is 17.6. The molecule has 2 aromatic carbocycles. The second-order valence-electron chi connectivity index (χ2n) is 5.30. The lowest BCUT2D eigenvalue weighted by Gasteiger charge is -2.18. The summed E-state index contributed by atoms with van der Waals surface area (Å²) in [7, 11) is 0. The van der Waals surface area contributed by atoms with Crippen LogP contribution in [0.3, 0.4) is 0 Å². The van der Waals surface area contributed by atoms with E-state index in [4.69, 9.17) is 11.6 Å². The van der Waals surface area contributed by atoms with Crippen molar-refractivity contribution >= 4 is 17.5 Å². The van der Waals surface area contributed by atoms with Crippen LogP contribution in [0.1, 0.15) is 24.0 Å². The molecule has 0 unspecified atom stereocenters. The lowest BCUT2D eigenvalue weighted by molar-refractivity contribution is -0.121. The third-order valence-corrected chi connectivity index (χ3v) is 3.98. The largest absolute Gasteiger partial charge is 0.346 e. The Morgan fingerprint density at radius 1 is 1.05 bits per heavy atom. The lowest BCUT2D eigenvalue weighted by atomic mass is 10.0. The predicted molar refractivity (Wildman–Crippen MR) is 80.7 cm³/mol.